The second-order valence-electron chi connectivity index (χ2n) is 7.60. The number of benzene rings is 2. The summed E-state index contributed by atoms with van der Waals surface area (Å²) in [4.78, 5) is 28.7. The van der Waals surface area contributed by atoms with Crippen LogP contribution in [-0.2, 0) is 14.3 Å². The summed E-state index contributed by atoms with van der Waals surface area (Å²) in [6, 6.07) is 10.9. The minimum absolute atomic E-state index is 0.0114. The maximum Gasteiger partial charge on any atom is 0.238 e. The predicted molar refractivity (Wildman–Crippen MR) is 129 cm³/mol. The van der Waals surface area contributed by atoms with Gasteiger partial charge in [-0.3, -0.25) is 14.5 Å². The van der Waals surface area contributed by atoms with Gasteiger partial charge in [0.2, 0.25) is 11.8 Å². The van der Waals surface area contributed by atoms with Crippen molar-refractivity contribution in [2.24, 2.45) is 0 Å². The van der Waals surface area contributed by atoms with E-state index in [1.807, 2.05) is 24.3 Å². The molecule has 9 nitrogen and oxygen atoms in total. The second-order valence-corrected chi connectivity index (χ2v) is 8.01. The molecular formula is C23H29ClN4O5. The van der Waals surface area contributed by atoms with Gasteiger partial charge >= 0.3 is 0 Å². The van der Waals surface area contributed by atoms with Crippen molar-refractivity contribution in [1.29, 1.82) is 0 Å². The summed E-state index contributed by atoms with van der Waals surface area (Å²) in [5.41, 5.74) is 2.23. The molecule has 3 rings (SSSR count). The molecule has 33 heavy (non-hydrogen) atoms. The lowest BCUT2D eigenvalue weighted by Gasteiger charge is -2.28. The Bertz CT molecular complexity index is 964. The Kier molecular flexibility index (Phi) is 8.76. The number of likely N-dealkylation sites (N-methyl/N-ethyl adjacent to an activating group) is 1. The van der Waals surface area contributed by atoms with Crippen LogP contribution in [0.3, 0.4) is 0 Å². The van der Waals surface area contributed by atoms with E-state index in [2.05, 4.69) is 15.5 Å². The fraction of sp³-hybridized carbons (Fsp3) is 0.391. The van der Waals surface area contributed by atoms with E-state index >= 15 is 0 Å². The van der Waals surface area contributed by atoms with E-state index in [-0.39, 0.29) is 24.9 Å². The first-order chi connectivity index (χ1) is 15.9. The molecule has 2 N–H and O–H groups in total. The van der Waals surface area contributed by atoms with Crippen LogP contribution in [0.15, 0.2) is 36.4 Å². The molecule has 2 aromatic carbocycles. The molecule has 2 aromatic rings. The number of methoxy groups -OCH3 is 2. The quantitative estimate of drug-likeness (QED) is 0.574. The van der Waals surface area contributed by atoms with Crippen molar-refractivity contribution < 1.29 is 23.8 Å². The first-order valence-corrected chi connectivity index (χ1v) is 10.9. The van der Waals surface area contributed by atoms with Crippen LogP contribution in [0, 0.1) is 0 Å². The highest BCUT2D eigenvalue weighted by atomic mass is 35.5. The highest BCUT2D eigenvalue weighted by Gasteiger charge is 2.16. The number of carbonyl (C=O) groups excluding carboxylic acids is 2. The summed E-state index contributed by atoms with van der Waals surface area (Å²) < 4.78 is 15.8. The fourth-order valence-corrected chi connectivity index (χ4v) is 3.70. The number of hydrogen-bond donors (Lipinski definition) is 2. The first-order valence-electron chi connectivity index (χ1n) is 10.5. The normalized spacial score (nSPS) is 13.5. The number of amides is 2. The van der Waals surface area contributed by atoms with Gasteiger partial charge in [-0.25, -0.2) is 0 Å². The summed E-state index contributed by atoms with van der Waals surface area (Å²) in [6.45, 7) is 3.21. The van der Waals surface area contributed by atoms with Gasteiger partial charge < -0.3 is 29.7 Å². The SMILES string of the molecule is COc1cc(NC(=O)CN(C)CC(=O)Nc2ccc(N3CCOCC3)cc2)c(OC)cc1Cl. The van der Waals surface area contributed by atoms with E-state index in [0.29, 0.717) is 27.9 Å². The lowest BCUT2D eigenvalue weighted by Crippen LogP contribution is -2.36. The maximum absolute atomic E-state index is 12.5. The van der Waals surface area contributed by atoms with Crippen molar-refractivity contribution in [2.45, 2.75) is 0 Å². The average molecular weight is 477 g/mol. The van der Waals surface area contributed by atoms with E-state index in [1.54, 1.807) is 24.1 Å². The van der Waals surface area contributed by atoms with E-state index in [1.165, 1.54) is 14.2 Å². The molecule has 1 heterocycles. The summed E-state index contributed by atoms with van der Waals surface area (Å²) in [6.07, 6.45) is 0. The summed E-state index contributed by atoms with van der Waals surface area (Å²) in [5, 5.41) is 6.00. The van der Waals surface area contributed by atoms with Gasteiger partial charge in [0.15, 0.2) is 0 Å². The number of nitrogens with zero attached hydrogens (tertiary/aromatic N) is 2. The maximum atomic E-state index is 12.5. The Morgan fingerprint density at radius 3 is 2.21 bits per heavy atom. The molecule has 1 aliphatic rings. The Labute approximate surface area is 198 Å². The Morgan fingerprint density at radius 1 is 1.00 bits per heavy atom. The molecule has 2 amide bonds. The van der Waals surface area contributed by atoms with Crippen molar-refractivity contribution in [3.8, 4) is 11.5 Å². The largest absolute Gasteiger partial charge is 0.495 e. The third kappa shape index (κ3) is 6.98. The molecular weight excluding hydrogens is 448 g/mol. The molecule has 10 heteroatoms. The molecule has 0 radical (unpaired) electrons. The van der Waals surface area contributed by atoms with Crippen LogP contribution in [0.4, 0.5) is 17.1 Å². The Hall–Kier alpha value is -3.01. The molecule has 0 aromatic heterocycles. The van der Waals surface area contributed by atoms with E-state index in [4.69, 9.17) is 25.8 Å². The fourth-order valence-electron chi connectivity index (χ4n) is 3.47. The van der Waals surface area contributed by atoms with Crippen molar-refractivity contribution in [3.63, 3.8) is 0 Å². The van der Waals surface area contributed by atoms with E-state index < -0.39 is 0 Å². The van der Waals surface area contributed by atoms with Gasteiger partial charge in [0.05, 0.1) is 51.2 Å². The standard InChI is InChI=1S/C23H29ClN4O5/c1-27(15-23(30)26-19-13-20(31-2)18(24)12-21(19)32-3)14-22(29)25-16-4-6-17(7-5-16)28-8-10-33-11-9-28/h4-7,12-13H,8-11,14-15H2,1-3H3,(H,25,29)(H,26,30). The number of anilines is 3. The van der Waals surface area contributed by atoms with Crippen molar-refractivity contribution in [1.82, 2.24) is 4.90 Å². The van der Waals surface area contributed by atoms with Gasteiger partial charge in [0, 0.05) is 36.6 Å². The zero-order chi connectivity index (χ0) is 23.8. The van der Waals surface area contributed by atoms with Crippen LogP contribution in [0.5, 0.6) is 11.5 Å². The van der Waals surface area contributed by atoms with E-state index in [9.17, 15) is 9.59 Å². The number of rotatable bonds is 9. The van der Waals surface area contributed by atoms with Crippen LogP contribution >= 0.6 is 11.6 Å². The van der Waals surface area contributed by atoms with Crippen LogP contribution in [0.2, 0.25) is 5.02 Å². The highest BCUT2D eigenvalue weighted by molar-refractivity contribution is 6.32. The number of morpholine rings is 1. The zero-order valence-corrected chi connectivity index (χ0v) is 19.8. The molecule has 1 aliphatic heterocycles. The molecule has 0 spiro atoms. The van der Waals surface area contributed by atoms with Crippen LogP contribution < -0.4 is 25.0 Å². The number of hydrogen-bond acceptors (Lipinski definition) is 7. The van der Waals surface area contributed by atoms with Crippen molar-refractivity contribution >= 4 is 40.5 Å². The lowest BCUT2D eigenvalue weighted by atomic mass is 10.2. The topological polar surface area (TPSA) is 92.4 Å². The third-order valence-corrected chi connectivity index (χ3v) is 5.40. The molecule has 0 saturated carbocycles. The molecule has 1 saturated heterocycles. The van der Waals surface area contributed by atoms with E-state index in [0.717, 1.165) is 32.0 Å². The number of ether oxygens (including phenoxy) is 3. The molecule has 0 unspecified atom stereocenters. The van der Waals surface area contributed by atoms with Gasteiger partial charge in [-0.2, -0.15) is 0 Å². The van der Waals surface area contributed by atoms with Crippen LogP contribution in [-0.4, -0.2) is 77.4 Å². The van der Waals surface area contributed by atoms with Crippen LogP contribution in [0.25, 0.3) is 0 Å². The monoisotopic (exact) mass is 476 g/mol. The summed E-state index contributed by atoms with van der Waals surface area (Å²) in [7, 11) is 4.67. The van der Waals surface area contributed by atoms with Gasteiger partial charge in [0.1, 0.15) is 11.5 Å². The molecule has 1 fully saturated rings. The summed E-state index contributed by atoms with van der Waals surface area (Å²) in [5.74, 6) is 0.313. The smallest absolute Gasteiger partial charge is 0.238 e. The van der Waals surface area contributed by atoms with Gasteiger partial charge in [-0.1, -0.05) is 11.6 Å². The number of carbonyl (C=O) groups is 2. The summed E-state index contributed by atoms with van der Waals surface area (Å²) >= 11 is 6.10. The molecule has 0 aliphatic carbocycles. The van der Waals surface area contributed by atoms with Crippen molar-refractivity contribution in [2.75, 3.05) is 76.2 Å². The average Bonchev–Trinajstić information content (AvgIpc) is 2.80. The third-order valence-electron chi connectivity index (χ3n) is 5.10. The zero-order valence-electron chi connectivity index (χ0n) is 19.0. The minimum Gasteiger partial charge on any atom is -0.495 e. The van der Waals surface area contributed by atoms with Gasteiger partial charge in [-0.05, 0) is 31.3 Å². The first kappa shape index (κ1) is 24.6. The molecule has 0 atom stereocenters. The highest BCUT2D eigenvalue weighted by Crippen LogP contribution is 2.35. The number of nitrogens with one attached hydrogen (secondary N) is 2. The van der Waals surface area contributed by atoms with Gasteiger partial charge in [0.25, 0.3) is 0 Å². The van der Waals surface area contributed by atoms with Crippen molar-refractivity contribution in [3.05, 3.63) is 41.4 Å². The lowest BCUT2D eigenvalue weighted by molar-refractivity contribution is -0.119. The predicted octanol–water partition coefficient (Wildman–Crippen LogP) is 2.70. The minimum atomic E-state index is -0.303. The Balaban J connectivity index is 1.49. The van der Waals surface area contributed by atoms with Gasteiger partial charge in [-0.15, -0.1) is 0 Å². The molecule has 0 bridgehead atoms. The number of halogens is 1. The Morgan fingerprint density at radius 2 is 1.61 bits per heavy atom. The second kappa shape index (κ2) is 11.7. The van der Waals surface area contributed by atoms with Crippen LogP contribution in [0.1, 0.15) is 0 Å². The molecule has 178 valence electrons.